The van der Waals surface area contributed by atoms with E-state index in [9.17, 15) is 17.6 Å². The molecule has 0 spiro atoms. The van der Waals surface area contributed by atoms with E-state index >= 15 is 0 Å². The van der Waals surface area contributed by atoms with Gasteiger partial charge in [-0.1, -0.05) is 12.1 Å². The monoisotopic (exact) mass is 242 g/mol. The molecule has 88 valence electrons. The van der Waals surface area contributed by atoms with Crippen LogP contribution in [0.4, 0.5) is 17.6 Å². The smallest absolute Gasteiger partial charge is 0.201 e. The Morgan fingerprint density at radius 1 is 0.647 bits per heavy atom. The molecule has 2 rings (SSSR count). The van der Waals surface area contributed by atoms with E-state index in [2.05, 4.69) is 0 Å². The molecular formula is C12H6F4O. The fourth-order valence-electron chi connectivity index (χ4n) is 1.24. The quantitative estimate of drug-likeness (QED) is 0.722. The highest BCUT2D eigenvalue weighted by molar-refractivity contribution is 5.33. The van der Waals surface area contributed by atoms with Gasteiger partial charge in [-0.2, -0.15) is 8.78 Å². The zero-order valence-corrected chi connectivity index (χ0v) is 8.38. The van der Waals surface area contributed by atoms with Crippen LogP contribution >= 0.6 is 0 Å². The van der Waals surface area contributed by atoms with Crippen LogP contribution in [0.2, 0.25) is 0 Å². The van der Waals surface area contributed by atoms with Crippen molar-refractivity contribution in [2.24, 2.45) is 0 Å². The van der Waals surface area contributed by atoms with Crippen LogP contribution in [-0.4, -0.2) is 0 Å². The summed E-state index contributed by atoms with van der Waals surface area (Å²) in [6.45, 7) is 0. The third-order valence-corrected chi connectivity index (χ3v) is 2.05. The van der Waals surface area contributed by atoms with Crippen molar-refractivity contribution in [3.63, 3.8) is 0 Å². The minimum absolute atomic E-state index is 0.505. The fraction of sp³-hybridized carbons (Fsp3) is 0. The average molecular weight is 242 g/mol. The van der Waals surface area contributed by atoms with Gasteiger partial charge < -0.3 is 4.74 Å². The Hall–Kier alpha value is -2.04. The second-order valence-electron chi connectivity index (χ2n) is 3.21. The summed E-state index contributed by atoms with van der Waals surface area (Å²) < 4.78 is 56.9. The molecule has 0 amide bonds. The van der Waals surface area contributed by atoms with E-state index in [0.29, 0.717) is 0 Å². The van der Waals surface area contributed by atoms with E-state index in [1.54, 1.807) is 0 Å². The van der Waals surface area contributed by atoms with Gasteiger partial charge >= 0.3 is 0 Å². The number of rotatable bonds is 2. The summed E-state index contributed by atoms with van der Waals surface area (Å²) >= 11 is 0. The van der Waals surface area contributed by atoms with Crippen LogP contribution in [0.3, 0.4) is 0 Å². The molecule has 1 nitrogen and oxygen atoms in total. The first-order chi connectivity index (χ1) is 8.09. The Morgan fingerprint density at radius 3 is 1.47 bits per heavy atom. The first-order valence-corrected chi connectivity index (χ1v) is 4.65. The van der Waals surface area contributed by atoms with Crippen molar-refractivity contribution in [3.8, 4) is 11.5 Å². The highest BCUT2D eigenvalue weighted by Crippen LogP contribution is 2.28. The second kappa shape index (κ2) is 4.45. The highest BCUT2D eigenvalue weighted by atomic mass is 19.2. The zero-order valence-electron chi connectivity index (χ0n) is 8.38. The lowest BCUT2D eigenvalue weighted by Gasteiger charge is -2.07. The standard InChI is InChI=1S/C12H6F4O/c13-7-3-1-5-9(11(7)15)17-10-6-2-4-8(14)12(10)16/h1-6H. The summed E-state index contributed by atoms with van der Waals surface area (Å²) in [6, 6.07) is 6.41. The third-order valence-electron chi connectivity index (χ3n) is 2.05. The summed E-state index contributed by atoms with van der Waals surface area (Å²) in [7, 11) is 0. The minimum atomic E-state index is -1.25. The molecule has 0 bridgehead atoms. The van der Waals surface area contributed by atoms with E-state index in [0.717, 1.165) is 24.3 Å². The van der Waals surface area contributed by atoms with Crippen LogP contribution < -0.4 is 4.74 Å². The largest absolute Gasteiger partial charge is 0.451 e. The van der Waals surface area contributed by atoms with Gasteiger partial charge in [-0.05, 0) is 24.3 Å². The van der Waals surface area contributed by atoms with Crippen molar-refractivity contribution < 1.29 is 22.3 Å². The van der Waals surface area contributed by atoms with E-state index in [1.165, 1.54) is 12.1 Å². The van der Waals surface area contributed by atoms with Gasteiger partial charge in [0.25, 0.3) is 0 Å². The van der Waals surface area contributed by atoms with Crippen molar-refractivity contribution in [2.75, 3.05) is 0 Å². The number of ether oxygens (including phenoxy) is 1. The molecule has 17 heavy (non-hydrogen) atoms. The van der Waals surface area contributed by atoms with Gasteiger partial charge in [0, 0.05) is 0 Å². The van der Waals surface area contributed by atoms with Crippen LogP contribution in [0.1, 0.15) is 0 Å². The number of hydrogen-bond acceptors (Lipinski definition) is 1. The molecule has 0 unspecified atom stereocenters. The maximum atomic E-state index is 13.2. The number of benzene rings is 2. The summed E-state index contributed by atoms with van der Waals surface area (Å²) in [5, 5.41) is 0. The lowest BCUT2D eigenvalue weighted by atomic mass is 10.3. The van der Waals surface area contributed by atoms with E-state index in [-0.39, 0.29) is 0 Å². The Kier molecular flexibility index (Phi) is 2.99. The SMILES string of the molecule is Fc1cccc(Oc2cccc(F)c2F)c1F. The lowest BCUT2D eigenvalue weighted by molar-refractivity contribution is 0.384. The summed E-state index contributed by atoms with van der Waals surface area (Å²) in [4.78, 5) is 0. The summed E-state index contributed by atoms with van der Waals surface area (Å²) in [5.41, 5.74) is 0. The summed E-state index contributed by atoms with van der Waals surface area (Å²) in [5.74, 6) is -5.77. The molecule has 0 atom stereocenters. The Bertz CT molecular complexity index is 505. The van der Waals surface area contributed by atoms with Crippen LogP contribution in [0.5, 0.6) is 11.5 Å². The molecule has 0 aliphatic heterocycles. The molecule has 0 saturated heterocycles. The first-order valence-electron chi connectivity index (χ1n) is 4.65. The topological polar surface area (TPSA) is 9.23 Å². The van der Waals surface area contributed by atoms with Gasteiger partial charge in [0.2, 0.25) is 11.6 Å². The van der Waals surface area contributed by atoms with Crippen molar-refractivity contribution in [1.29, 1.82) is 0 Å². The molecule has 2 aromatic rings. The van der Waals surface area contributed by atoms with Crippen molar-refractivity contribution in [1.82, 2.24) is 0 Å². The molecule has 0 radical (unpaired) electrons. The molecule has 0 aliphatic carbocycles. The zero-order chi connectivity index (χ0) is 12.4. The molecule has 0 heterocycles. The van der Waals surface area contributed by atoms with Gasteiger partial charge in [0.1, 0.15) is 0 Å². The van der Waals surface area contributed by atoms with Gasteiger partial charge in [-0.15, -0.1) is 0 Å². The number of halogens is 4. The van der Waals surface area contributed by atoms with Crippen LogP contribution in [0, 0.1) is 23.3 Å². The van der Waals surface area contributed by atoms with Gasteiger partial charge in [-0.3, -0.25) is 0 Å². The fourth-order valence-corrected chi connectivity index (χ4v) is 1.24. The summed E-state index contributed by atoms with van der Waals surface area (Å²) in [6.07, 6.45) is 0. The van der Waals surface area contributed by atoms with Crippen LogP contribution in [-0.2, 0) is 0 Å². The maximum absolute atomic E-state index is 13.2. The molecule has 5 heteroatoms. The Balaban J connectivity index is 2.38. The molecule has 0 aromatic heterocycles. The van der Waals surface area contributed by atoms with Crippen LogP contribution in [0.15, 0.2) is 36.4 Å². The molecule has 0 saturated carbocycles. The second-order valence-corrected chi connectivity index (χ2v) is 3.21. The third kappa shape index (κ3) is 2.22. The van der Waals surface area contributed by atoms with E-state index < -0.39 is 34.8 Å². The molecule has 0 N–H and O–H groups in total. The average Bonchev–Trinajstić information content (AvgIpc) is 2.31. The van der Waals surface area contributed by atoms with E-state index in [4.69, 9.17) is 4.74 Å². The first kappa shape index (κ1) is 11.4. The lowest BCUT2D eigenvalue weighted by Crippen LogP contribution is -1.95. The van der Waals surface area contributed by atoms with E-state index in [1.807, 2.05) is 0 Å². The number of hydrogen-bond donors (Lipinski definition) is 0. The molecule has 0 fully saturated rings. The van der Waals surface area contributed by atoms with Gasteiger partial charge in [-0.25, -0.2) is 8.78 Å². The highest BCUT2D eigenvalue weighted by Gasteiger charge is 2.14. The normalized spacial score (nSPS) is 10.4. The maximum Gasteiger partial charge on any atom is 0.201 e. The van der Waals surface area contributed by atoms with Crippen LogP contribution in [0.25, 0.3) is 0 Å². The molecule has 0 aliphatic rings. The molecule has 2 aromatic carbocycles. The van der Waals surface area contributed by atoms with Gasteiger partial charge in [0.05, 0.1) is 0 Å². The predicted octanol–water partition coefficient (Wildman–Crippen LogP) is 4.04. The Labute approximate surface area is 94.3 Å². The van der Waals surface area contributed by atoms with Gasteiger partial charge in [0.15, 0.2) is 23.1 Å². The predicted molar refractivity (Wildman–Crippen MR) is 52.8 cm³/mol. The Morgan fingerprint density at radius 2 is 1.06 bits per heavy atom. The molecular weight excluding hydrogens is 236 g/mol. The van der Waals surface area contributed by atoms with Crippen molar-refractivity contribution in [3.05, 3.63) is 59.7 Å². The minimum Gasteiger partial charge on any atom is -0.451 e. The van der Waals surface area contributed by atoms with Crippen molar-refractivity contribution in [2.45, 2.75) is 0 Å². The van der Waals surface area contributed by atoms with Crippen molar-refractivity contribution >= 4 is 0 Å².